The lowest BCUT2D eigenvalue weighted by atomic mass is 10.3. The summed E-state index contributed by atoms with van der Waals surface area (Å²) in [5.41, 5.74) is 0. The molecule has 0 spiro atoms. The van der Waals surface area contributed by atoms with E-state index in [0.717, 1.165) is 0 Å². The van der Waals surface area contributed by atoms with Gasteiger partial charge in [-0.2, -0.15) is 0 Å². The fourth-order valence-corrected chi connectivity index (χ4v) is 2.92. The van der Waals surface area contributed by atoms with E-state index >= 15 is 0 Å². The van der Waals surface area contributed by atoms with Gasteiger partial charge in [0.15, 0.2) is 11.5 Å². The third-order valence-electron chi connectivity index (χ3n) is 3.00. The molecule has 2 aromatic rings. The molecule has 0 aliphatic carbocycles. The topological polar surface area (TPSA) is 92.3 Å². The Morgan fingerprint density at radius 1 is 0.929 bits per heavy atom. The van der Waals surface area contributed by atoms with Gasteiger partial charge in [-0.25, -0.2) is 0 Å². The molecule has 2 rings (SSSR count). The van der Waals surface area contributed by atoms with E-state index in [1.807, 2.05) is 0 Å². The number of esters is 1. The molecule has 0 aromatic heterocycles. The van der Waals surface area contributed by atoms with Gasteiger partial charge in [0.05, 0.1) is 13.2 Å². The van der Waals surface area contributed by atoms with Gasteiger partial charge in [-0.1, -0.05) is 32.6 Å². The predicted octanol–water partition coefficient (Wildman–Crippen LogP) is 4.62. The molecule has 0 unspecified atom stereocenters. The Hall–Kier alpha value is -1.80. The number of carbonyl (C=O) groups excluding carboxylic acids is 1. The van der Waals surface area contributed by atoms with E-state index in [1.54, 1.807) is 31.2 Å². The zero-order chi connectivity index (χ0) is 20.4. The van der Waals surface area contributed by atoms with E-state index in [0.29, 0.717) is 10.0 Å². The first-order chi connectivity index (χ1) is 13.4. The number of benzene rings is 2. The summed E-state index contributed by atoms with van der Waals surface area (Å²) >= 11 is 11.6. The van der Waals surface area contributed by atoms with E-state index in [4.69, 9.17) is 47.1 Å². The molecule has 1 N–H and O–H groups in total. The minimum atomic E-state index is -3.98. The molecule has 8 nitrogen and oxygen atoms in total. The molecular weight excluding hydrogens is 432 g/mol. The van der Waals surface area contributed by atoms with E-state index < -0.39 is 13.6 Å². The van der Waals surface area contributed by atoms with E-state index in [2.05, 4.69) is 5.32 Å². The molecular formula is C17H18Cl2NO7P. The molecule has 0 aliphatic heterocycles. The van der Waals surface area contributed by atoms with Crippen molar-refractivity contribution in [3.8, 4) is 11.5 Å². The fraction of sp³-hybridized carbons (Fsp3) is 0.235. The normalized spacial score (nSPS) is 11.1. The van der Waals surface area contributed by atoms with Crippen molar-refractivity contribution in [2.45, 2.75) is 6.92 Å². The Balaban J connectivity index is 1.98. The van der Waals surface area contributed by atoms with Crippen molar-refractivity contribution in [1.82, 2.24) is 5.32 Å². The summed E-state index contributed by atoms with van der Waals surface area (Å²) in [4.78, 5) is 21.5. The summed E-state index contributed by atoms with van der Waals surface area (Å²) in [7, 11) is -3.98. The van der Waals surface area contributed by atoms with Crippen LogP contribution in [0, 0.1) is 0 Å². The monoisotopic (exact) mass is 449 g/mol. The highest BCUT2D eigenvalue weighted by atomic mass is 35.5. The van der Waals surface area contributed by atoms with Crippen molar-refractivity contribution >= 4 is 36.8 Å². The summed E-state index contributed by atoms with van der Waals surface area (Å²) in [5, 5.41) is 3.60. The first kappa shape index (κ1) is 22.5. The predicted molar refractivity (Wildman–Crippen MR) is 103 cm³/mol. The van der Waals surface area contributed by atoms with Crippen molar-refractivity contribution in [3.63, 3.8) is 0 Å². The van der Waals surface area contributed by atoms with Crippen LogP contribution in [-0.2, 0) is 23.4 Å². The van der Waals surface area contributed by atoms with Gasteiger partial charge in [-0.15, -0.1) is 0 Å². The van der Waals surface area contributed by atoms with Crippen molar-refractivity contribution in [1.29, 1.82) is 0 Å². The summed E-state index contributed by atoms with van der Waals surface area (Å²) in [6.45, 7) is 1.70. The quantitative estimate of drug-likeness (QED) is 0.230. The third-order valence-corrected chi connectivity index (χ3v) is 4.72. The Bertz CT molecular complexity index is 749. The first-order valence-electron chi connectivity index (χ1n) is 8.09. The highest BCUT2D eigenvalue weighted by molar-refractivity contribution is 7.53. The lowest BCUT2D eigenvalue weighted by molar-refractivity contribution is -0.171. The van der Waals surface area contributed by atoms with Crippen molar-refractivity contribution in [3.05, 3.63) is 58.6 Å². The average Bonchev–Trinajstić information content (AvgIpc) is 2.67. The highest BCUT2D eigenvalue weighted by Crippen LogP contribution is 2.47. The molecule has 0 atom stereocenters. The van der Waals surface area contributed by atoms with Crippen molar-refractivity contribution in [2.24, 2.45) is 0 Å². The van der Waals surface area contributed by atoms with Gasteiger partial charge in [0.2, 0.25) is 0 Å². The number of rotatable bonds is 11. The number of carbonyl (C=O) groups is 1. The lowest BCUT2D eigenvalue weighted by Gasteiger charge is -2.16. The summed E-state index contributed by atoms with van der Waals surface area (Å²) in [5.74, 6) is -0.0403. The van der Waals surface area contributed by atoms with Crippen LogP contribution < -0.4 is 15.1 Å². The first-order valence-corrected chi connectivity index (χ1v) is 10.6. The average molecular weight is 450 g/mol. The minimum absolute atomic E-state index is 0.202. The largest absolute Gasteiger partial charge is 0.465 e. The van der Waals surface area contributed by atoms with Gasteiger partial charge in [-0.05, 0) is 55.5 Å². The Kier molecular flexibility index (Phi) is 9.05. The van der Waals surface area contributed by atoms with Gasteiger partial charge in [-0.3, -0.25) is 14.7 Å². The molecule has 11 heteroatoms. The van der Waals surface area contributed by atoms with Crippen molar-refractivity contribution in [2.75, 3.05) is 19.4 Å². The maximum absolute atomic E-state index is 12.9. The molecule has 0 aliphatic rings. The van der Waals surface area contributed by atoms with E-state index in [-0.39, 0.29) is 30.9 Å². The molecule has 2 aromatic carbocycles. The van der Waals surface area contributed by atoms with Crippen LogP contribution in [0.25, 0.3) is 0 Å². The Morgan fingerprint density at radius 2 is 1.39 bits per heavy atom. The Labute approximate surface area is 172 Å². The number of hydrogen-bond acceptors (Lipinski definition) is 8. The van der Waals surface area contributed by atoms with Crippen LogP contribution in [0.3, 0.4) is 0 Å². The maximum atomic E-state index is 12.9. The fourth-order valence-electron chi connectivity index (χ4n) is 1.75. The second-order valence-electron chi connectivity index (χ2n) is 5.22. The van der Waals surface area contributed by atoms with Crippen LogP contribution in [0.15, 0.2) is 48.5 Å². The molecule has 0 saturated heterocycles. The van der Waals surface area contributed by atoms with Crippen LogP contribution in [-0.4, -0.2) is 25.4 Å². The summed E-state index contributed by atoms with van der Waals surface area (Å²) in [6, 6.07) is 12.3. The maximum Gasteiger partial charge on any atom is 0.418 e. The van der Waals surface area contributed by atoms with Gasteiger partial charge in [0.25, 0.3) is 0 Å². The van der Waals surface area contributed by atoms with E-state index in [9.17, 15) is 9.36 Å². The van der Waals surface area contributed by atoms with Crippen LogP contribution >= 0.6 is 30.8 Å². The number of hydrogen-bond donors (Lipinski definition) is 1. The number of ether oxygens (including phenoxy) is 1. The zero-order valence-corrected chi connectivity index (χ0v) is 17.2. The SMILES string of the molecule is CCOC(=O)CNCP(=O)(OOc1ccc(Cl)cc1)OOc1ccc(Cl)cc1. The molecule has 0 amide bonds. The van der Waals surface area contributed by atoms with Crippen LogP contribution in [0.5, 0.6) is 11.5 Å². The second-order valence-corrected chi connectivity index (χ2v) is 7.93. The standard InChI is InChI=1S/C17H18Cl2NO7P/c1-2-23-17(21)11-20-12-28(22,26-24-15-7-3-13(18)4-8-15)27-25-16-9-5-14(19)6-10-16/h3-10,20H,2,11-12H2,1H3. The minimum Gasteiger partial charge on any atom is -0.465 e. The second kappa shape index (κ2) is 11.3. The molecule has 28 heavy (non-hydrogen) atoms. The van der Waals surface area contributed by atoms with Gasteiger partial charge in [0, 0.05) is 10.0 Å². The van der Waals surface area contributed by atoms with Crippen LogP contribution in [0.1, 0.15) is 6.92 Å². The molecule has 0 bridgehead atoms. The van der Waals surface area contributed by atoms with Crippen LogP contribution in [0.4, 0.5) is 0 Å². The lowest BCUT2D eigenvalue weighted by Crippen LogP contribution is -2.27. The zero-order valence-electron chi connectivity index (χ0n) is 14.8. The van der Waals surface area contributed by atoms with Gasteiger partial charge >= 0.3 is 13.6 Å². The van der Waals surface area contributed by atoms with Crippen molar-refractivity contribution < 1.29 is 33.2 Å². The highest BCUT2D eigenvalue weighted by Gasteiger charge is 2.30. The third kappa shape index (κ3) is 8.06. The van der Waals surface area contributed by atoms with Gasteiger partial charge in [0.1, 0.15) is 6.29 Å². The number of halogens is 2. The molecule has 0 radical (unpaired) electrons. The molecule has 0 heterocycles. The molecule has 0 saturated carbocycles. The summed E-state index contributed by atoms with van der Waals surface area (Å²) < 4.78 is 27.6. The Morgan fingerprint density at radius 3 is 1.82 bits per heavy atom. The molecule has 0 fully saturated rings. The molecule has 152 valence electrons. The van der Waals surface area contributed by atoms with Gasteiger partial charge < -0.3 is 14.5 Å². The smallest absolute Gasteiger partial charge is 0.418 e. The number of nitrogens with one attached hydrogen (secondary N) is 1. The van der Waals surface area contributed by atoms with Crippen LogP contribution in [0.2, 0.25) is 10.0 Å². The summed E-state index contributed by atoms with van der Waals surface area (Å²) in [6.07, 6.45) is -0.382. The van der Waals surface area contributed by atoms with E-state index in [1.165, 1.54) is 24.3 Å².